The number of pyridine rings is 1. The minimum Gasteiger partial charge on any atom is -0.387 e. The van der Waals surface area contributed by atoms with Crippen LogP contribution in [0.3, 0.4) is 0 Å². The second-order valence-corrected chi connectivity index (χ2v) is 6.16. The summed E-state index contributed by atoms with van der Waals surface area (Å²) in [5.41, 5.74) is -0.451. The molecule has 0 spiro atoms. The Balaban J connectivity index is 1.76. The molecule has 3 rings (SSSR count). The van der Waals surface area contributed by atoms with Gasteiger partial charge in [0.15, 0.2) is 0 Å². The van der Waals surface area contributed by atoms with Crippen LogP contribution >= 0.6 is 0 Å². The van der Waals surface area contributed by atoms with Gasteiger partial charge in [-0.15, -0.1) is 0 Å². The molecule has 0 radical (unpaired) electrons. The van der Waals surface area contributed by atoms with Crippen molar-refractivity contribution in [3.63, 3.8) is 0 Å². The Bertz CT molecular complexity index is 886. The van der Waals surface area contributed by atoms with Gasteiger partial charge in [0.25, 0.3) is 5.56 Å². The van der Waals surface area contributed by atoms with Gasteiger partial charge >= 0.3 is 6.18 Å². The number of alkyl halides is 3. The minimum atomic E-state index is -4.59. The molecule has 0 saturated heterocycles. The van der Waals surface area contributed by atoms with Crippen molar-refractivity contribution < 1.29 is 23.1 Å². The smallest absolute Gasteiger partial charge is 0.387 e. The van der Waals surface area contributed by atoms with Crippen molar-refractivity contribution in [1.29, 1.82) is 0 Å². The quantitative estimate of drug-likeness (QED) is 0.879. The maximum atomic E-state index is 12.8. The molecule has 0 saturated carbocycles. The largest absolute Gasteiger partial charge is 0.417 e. The van der Waals surface area contributed by atoms with E-state index in [1.165, 1.54) is 4.90 Å². The van der Waals surface area contributed by atoms with E-state index in [1.54, 1.807) is 17.7 Å². The van der Waals surface area contributed by atoms with Gasteiger partial charge in [-0.1, -0.05) is 0 Å². The molecule has 10 heteroatoms. The Morgan fingerprint density at radius 3 is 2.73 bits per heavy atom. The van der Waals surface area contributed by atoms with E-state index in [4.69, 9.17) is 0 Å². The number of aliphatic hydroxyl groups excluding tert-OH is 1. The molecule has 1 aliphatic heterocycles. The maximum Gasteiger partial charge on any atom is 0.417 e. The Morgan fingerprint density at radius 2 is 2.08 bits per heavy atom. The molecule has 3 heterocycles. The van der Waals surface area contributed by atoms with Gasteiger partial charge in [0, 0.05) is 18.8 Å². The molecule has 1 aliphatic rings. The number of halogens is 3. The van der Waals surface area contributed by atoms with Crippen molar-refractivity contribution in [3.8, 4) is 0 Å². The molecule has 1 N–H and O–H groups in total. The summed E-state index contributed by atoms with van der Waals surface area (Å²) in [4.78, 5) is 25.7. The highest BCUT2D eigenvalue weighted by Gasteiger charge is 2.31. The first-order valence-corrected chi connectivity index (χ1v) is 7.95. The van der Waals surface area contributed by atoms with Gasteiger partial charge < -0.3 is 14.6 Å². The Morgan fingerprint density at radius 1 is 1.35 bits per heavy atom. The molecule has 0 aromatic carbocycles. The predicted molar refractivity (Wildman–Crippen MR) is 84.0 cm³/mol. The van der Waals surface area contributed by atoms with Gasteiger partial charge in [0.2, 0.25) is 5.91 Å². The van der Waals surface area contributed by atoms with E-state index < -0.39 is 35.9 Å². The third kappa shape index (κ3) is 3.64. The van der Waals surface area contributed by atoms with Gasteiger partial charge in [0.05, 0.1) is 36.1 Å². The van der Waals surface area contributed by atoms with E-state index in [0.717, 1.165) is 16.3 Å². The highest BCUT2D eigenvalue weighted by Crippen LogP contribution is 2.28. The fraction of sp³-hybridized carbons (Fsp3) is 0.438. The lowest BCUT2D eigenvalue weighted by Gasteiger charge is -2.28. The molecule has 1 amide bonds. The molecule has 0 fully saturated rings. The number of amides is 1. The molecule has 0 unspecified atom stereocenters. The summed E-state index contributed by atoms with van der Waals surface area (Å²) in [6, 6.07) is 3.18. The first-order valence-electron chi connectivity index (χ1n) is 7.95. The van der Waals surface area contributed by atoms with Gasteiger partial charge in [-0.25, -0.2) is 0 Å². The maximum absolute atomic E-state index is 12.8. The number of carbonyl (C=O) groups is 1. The number of hydrogen-bond donors (Lipinski definition) is 1. The van der Waals surface area contributed by atoms with Gasteiger partial charge in [-0.05, 0) is 19.1 Å². The van der Waals surface area contributed by atoms with Gasteiger partial charge in [-0.3, -0.25) is 14.3 Å². The topological polar surface area (TPSA) is 80.4 Å². The van der Waals surface area contributed by atoms with Gasteiger partial charge in [0.1, 0.15) is 6.54 Å². The molecule has 7 nitrogen and oxygen atoms in total. The predicted octanol–water partition coefficient (Wildman–Crippen LogP) is 1.16. The van der Waals surface area contributed by atoms with Crippen molar-refractivity contribution in [1.82, 2.24) is 19.2 Å². The number of aromatic nitrogens is 3. The number of fused-ring (bicyclic) bond motifs is 1. The van der Waals surface area contributed by atoms with Crippen molar-refractivity contribution in [2.75, 3.05) is 6.54 Å². The van der Waals surface area contributed by atoms with E-state index in [-0.39, 0.29) is 6.54 Å². The SMILES string of the molecule is C[C@@H](O)c1cc2n(n1)CCN(C(=O)Cn1cc(C(F)(F)F)ccc1=O)C2. The van der Waals surface area contributed by atoms with Crippen LogP contribution in [-0.4, -0.2) is 36.8 Å². The summed E-state index contributed by atoms with van der Waals surface area (Å²) in [5.74, 6) is -0.461. The van der Waals surface area contributed by atoms with Crippen LogP contribution in [-0.2, 0) is 30.6 Å². The monoisotopic (exact) mass is 370 g/mol. The Kier molecular flexibility index (Phi) is 4.61. The average Bonchev–Trinajstić information content (AvgIpc) is 2.99. The molecule has 1 atom stereocenters. The molecule has 2 aromatic rings. The molecule has 140 valence electrons. The zero-order valence-corrected chi connectivity index (χ0v) is 13.9. The normalized spacial score (nSPS) is 15.7. The summed E-state index contributed by atoms with van der Waals surface area (Å²) in [5, 5.41) is 13.8. The van der Waals surface area contributed by atoms with Crippen molar-refractivity contribution >= 4 is 5.91 Å². The van der Waals surface area contributed by atoms with Crippen LogP contribution in [0.4, 0.5) is 13.2 Å². The highest BCUT2D eigenvalue weighted by atomic mass is 19.4. The van der Waals surface area contributed by atoms with Crippen molar-refractivity contribution in [3.05, 3.63) is 51.7 Å². The van der Waals surface area contributed by atoms with Gasteiger partial charge in [-0.2, -0.15) is 18.3 Å². The Labute approximate surface area is 146 Å². The molecule has 0 aliphatic carbocycles. The number of nitrogens with zero attached hydrogens (tertiary/aromatic N) is 4. The van der Waals surface area contributed by atoms with Crippen LogP contribution in [0.25, 0.3) is 0 Å². The summed E-state index contributed by atoms with van der Waals surface area (Å²) in [6.07, 6.45) is -4.67. The van der Waals surface area contributed by atoms with Crippen LogP contribution in [0.5, 0.6) is 0 Å². The summed E-state index contributed by atoms with van der Waals surface area (Å²) >= 11 is 0. The van der Waals surface area contributed by atoms with E-state index in [9.17, 15) is 27.9 Å². The second kappa shape index (κ2) is 6.60. The second-order valence-electron chi connectivity index (χ2n) is 6.16. The number of carbonyl (C=O) groups excluding carboxylic acids is 1. The first-order chi connectivity index (χ1) is 12.1. The lowest BCUT2D eigenvalue weighted by atomic mass is 10.2. The van der Waals surface area contributed by atoms with Crippen LogP contribution < -0.4 is 5.56 Å². The number of hydrogen-bond acceptors (Lipinski definition) is 4. The third-order valence-electron chi connectivity index (χ3n) is 4.21. The van der Waals surface area contributed by atoms with Crippen molar-refractivity contribution in [2.24, 2.45) is 0 Å². The zero-order valence-electron chi connectivity index (χ0n) is 13.9. The fourth-order valence-corrected chi connectivity index (χ4v) is 2.77. The molecular formula is C16H17F3N4O3. The van der Waals surface area contributed by atoms with E-state index in [1.807, 2.05) is 0 Å². The minimum absolute atomic E-state index is 0.215. The molecular weight excluding hydrogens is 353 g/mol. The molecule has 2 aromatic heterocycles. The number of rotatable bonds is 3. The summed E-state index contributed by atoms with van der Waals surface area (Å²) in [7, 11) is 0. The van der Waals surface area contributed by atoms with Crippen molar-refractivity contribution in [2.45, 2.75) is 38.8 Å². The lowest BCUT2D eigenvalue weighted by Crippen LogP contribution is -2.41. The van der Waals surface area contributed by atoms with Crippen LogP contribution in [0.1, 0.15) is 30.0 Å². The van der Waals surface area contributed by atoms with E-state index in [0.29, 0.717) is 31.0 Å². The molecule has 26 heavy (non-hydrogen) atoms. The fourth-order valence-electron chi connectivity index (χ4n) is 2.77. The summed E-state index contributed by atoms with van der Waals surface area (Å²) < 4.78 is 40.8. The van der Waals surface area contributed by atoms with Crippen LogP contribution in [0.2, 0.25) is 0 Å². The molecule has 0 bridgehead atoms. The van der Waals surface area contributed by atoms with Crippen LogP contribution in [0.15, 0.2) is 29.2 Å². The standard InChI is InChI=1S/C16H17F3N4O3/c1-10(24)13-6-12-8-21(4-5-23(12)20-13)15(26)9-22-7-11(16(17,18)19)2-3-14(22)25/h2-3,6-7,10,24H,4-5,8-9H2,1H3/t10-/m1/s1. The highest BCUT2D eigenvalue weighted by molar-refractivity contribution is 5.76. The third-order valence-corrected chi connectivity index (χ3v) is 4.21. The summed E-state index contributed by atoms with van der Waals surface area (Å²) in [6.45, 7) is 2.05. The lowest BCUT2D eigenvalue weighted by molar-refractivity contribution is -0.139. The van der Waals surface area contributed by atoms with Crippen LogP contribution in [0, 0.1) is 0 Å². The first kappa shape index (κ1) is 18.2. The van der Waals surface area contributed by atoms with E-state index >= 15 is 0 Å². The zero-order chi connectivity index (χ0) is 19.1. The number of aliphatic hydroxyl groups is 1. The Hall–Kier alpha value is -2.62. The van der Waals surface area contributed by atoms with E-state index in [2.05, 4.69) is 5.10 Å². The average molecular weight is 370 g/mol.